The minimum atomic E-state index is 0.794. The maximum absolute atomic E-state index is 6.44. The predicted molar refractivity (Wildman–Crippen MR) is 130 cm³/mol. The zero-order valence-corrected chi connectivity index (χ0v) is 18.9. The Labute approximate surface area is 181 Å². The summed E-state index contributed by atoms with van der Waals surface area (Å²) in [5.74, 6) is 0. The van der Waals surface area contributed by atoms with Gasteiger partial charge in [0.2, 0.25) is 11.0 Å². The third kappa shape index (κ3) is 5.32. The summed E-state index contributed by atoms with van der Waals surface area (Å²) in [5.41, 5.74) is 13.7. The number of fused-ring (bicyclic) bond motifs is 2. The van der Waals surface area contributed by atoms with Gasteiger partial charge in [-0.25, -0.2) is 4.98 Å². The number of hydrogen-bond donors (Lipinski definition) is 3. The van der Waals surface area contributed by atoms with Crippen LogP contribution in [0.1, 0.15) is 65.7 Å². The number of nitrogens with one attached hydrogen (secondary N) is 2. The van der Waals surface area contributed by atoms with Crippen molar-refractivity contribution in [1.82, 2.24) is 4.98 Å². The van der Waals surface area contributed by atoms with Gasteiger partial charge in [0.1, 0.15) is 17.6 Å². The number of benzene rings is 2. The first-order valence-electron chi connectivity index (χ1n) is 11.7. The molecule has 0 saturated heterocycles. The van der Waals surface area contributed by atoms with E-state index < -0.39 is 0 Å². The van der Waals surface area contributed by atoms with Crippen LogP contribution in [0.15, 0.2) is 30.3 Å². The van der Waals surface area contributed by atoms with E-state index in [-0.39, 0.29) is 0 Å². The number of nitrogen functional groups attached to an aromatic ring is 1. The van der Waals surface area contributed by atoms with Crippen LogP contribution in [0.5, 0.6) is 0 Å². The summed E-state index contributed by atoms with van der Waals surface area (Å²) in [6.45, 7) is 9.58. The third-order valence-electron chi connectivity index (χ3n) is 5.64. The molecule has 30 heavy (non-hydrogen) atoms. The van der Waals surface area contributed by atoms with Gasteiger partial charge in [0.05, 0.1) is 11.4 Å². The summed E-state index contributed by atoms with van der Waals surface area (Å²) in [7, 11) is 0. The summed E-state index contributed by atoms with van der Waals surface area (Å²) in [6.07, 6.45) is 8.25. The lowest BCUT2D eigenvalue weighted by molar-refractivity contribution is -0.646. The van der Waals surface area contributed by atoms with Gasteiger partial charge in [-0.05, 0) is 31.0 Å². The van der Waals surface area contributed by atoms with Crippen molar-refractivity contribution in [3.63, 3.8) is 0 Å². The first kappa shape index (κ1) is 22.1. The van der Waals surface area contributed by atoms with Crippen molar-refractivity contribution in [2.45, 2.75) is 72.3 Å². The molecule has 5 nitrogen and oxygen atoms in total. The quantitative estimate of drug-likeness (QED) is 0.152. The molecule has 0 radical (unpaired) electrons. The Morgan fingerprint density at radius 2 is 1.53 bits per heavy atom. The largest absolute Gasteiger partial charge is 0.397 e. The zero-order chi connectivity index (χ0) is 21.3. The molecule has 4 N–H and O–H groups in total. The smallest absolute Gasteiger partial charge is 0.233 e. The van der Waals surface area contributed by atoms with Crippen LogP contribution in [0.4, 0.5) is 17.1 Å². The highest BCUT2D eigenvalue weighted by molar-refractivity contribution is 5.89. The molecule has 0 aliphatic carbocycles. The molecular formula is C25H38N5+. The molecule has 162 valence electrons. The molecule has 0 fully saturated rings. The molecule has 2 aromatic carbocycles. The molecule has 0 unspecified atom stereocenters. The topological polar surface area (TPSA) is 66.9 Å². The number of anilines is 3. The molecule has 0 bridgehead atoms. The summed E-state index contributed by atoms with van der Waals surface area (Å²) >= 11 is 0. The fourth-order valence-corrected chi connectivity index (χ4v) is 3.82. The van der Waals surface area contributed by atoms with Crippen LogP contribution in [-0.4, -0.2) is 18.1 Å². The van der Waals surface area contributed by atoms with E-state index in [0.717, 1.165) is 72.5 Å². The van der Waals surface area contributed by atoms with E-state index in [1.807, 2.05) is 0 Å². The summed E-state index contributed by atoms with van der Waals surface area (Å²) in [4.78, 5) is 4.99. The van der Waals surface area contributed by atoms with Crippen molar-refractivity contribution in [3.8, 4) is 0 Å². The first-order chi connectivity index (χ1) is 14.7. The maximum Gasteiger partial charge on any atom is 0.233 e. The maximum atomic E-state index is 6.44. The molecule has 0 atom stereocenters. The van der Waals surface area contributed by atoms with Gasteiger partial charge in [-0.15, -0.1) is 0 Å². The highest BCUT2D eigenvalue weighted by Gasteiger charge is 2.19. The lowest BCUT2D eigenvalue weighted by Crippen LogP contribution is -2.36. The van der Waals surface area contributed by atoms with Gasteiger partial charge in [0, 0.05) is 37.3 Å². The van der Waals surface area contributed by atoms with Crippen LogP contribution in [0.2, 0.25) is 0 Å². The SMILES string of the molecule is CCCCCNc1cc2nc3ccc(NCCCC)cc3[n+](CCCC)c2cc1N. The molecule has 0 amide bonds. The van der Waals surface area contributed by atoms with Crippen molar-refractivity contribution in [2.75, 3.05) is 29.5 Å². The lowest BCUT2D eigenvalue weighted by Gasteiger charge is -2.12. The van der Waals surface area contributed by atoms with Crippen LogP contribution in [0, 0.1) is 0 Å². The van der Waals surface area contributed by atoms with Gasteiger partial charge < -0.3 is 16.4 Å². The fourth-order valence-electron chi connectivity index (χ4n) is 3.82. The number of nitrogens with zero attached hydrogens (tertiary/aromatic N) is 2. The summed E-state index contributed by atoms with van der Waals surface area (Å²) in [5, 5.41) is 7.05. The van der Waals surface area contributed by atoms with Crippen LogP contribution in [0.3, 0.4) is 0 Å². The molecule has 1 aromatic heterocycles. The monoisotopic (exact) mass is 408 g/mol. The summed E-state index contributed by atoms with van der Waals surface area (Å²) in [6, 6.07) is 10.7. The molecule has 0 aliphatic rings. The number of nitrogens with two attached hydrogens (primary N) is 1. The van der Waals surface area contributed by atoms with Crippen molar-refractivity contribution in [3.05, 3.63) is 30.3 Å². The molecule has 5 heteroatoms. The van der Waals surface area contributed by atoms with Gasteiger partial charge in [-0.1, -0.05) is 46.5 Å². The average molecular weight is 409 g/mol. The van der Waals surface area contributed by atoms with Crippen molar-refractivity contribution < 1.29 is 4.57 Å². The lowest BCUT2D eigenvalue weighted by atomic mass is 10.1. The van der Waals surface area contributed by atoms with Crippen LogP contribution >= 0.6 is 0 Å². The molecule has 3 aromatic rings. The number of unbranched alkanes of at least 4 members (excludes halogenated alkanes) is 4. The van der Waals surface area contributed by atoms with Gasteiger partial charge in [-0.3, -0.25) is 0 Å². The Morgan fingerprint density at radius 1 is 0.800 bits per heavy atom. The predicted octanol–water partition coefficient (Wildman–Crippen LogP) is 5.87. The van der Waals surface area contributed by atoms with Crippen LogP contribution in [-0.2, 0) is 6.54 Å². The standard InChI is InChI=1S/C25H37N5/c1-4-7-10-14-28-22-18-23-25(17-20(22)26)30(15-9-6-3)24-16-19(27-13-8-5-2)11-12-21(24)29-23/h11-12,16-18H,4-10,13-15H2,1-3H3,(H3,26,27,28,29)/p+1. The Balaban J connectivity index is 2.02. The van der Waals surface area contributed by atoms with E-state index in [4.69, 9.17) is 10.7 Å². The second kappa shape index (κ2) is 11.0. The Kier molecular flexibility index (Phi) is 8.12. The molecule has 0 aliphatic heterocycles. The van der Waals surface area contributed by atoms with E-state index in [1.165, 1.54) is 31.2 Å². The Bertz CT molecular complexity index is 967. The highest BCUT2D eigenvalue weighted by Crippen LogP contribution is 2.26. The second-order valence-corrected chi connectivity index (χ2v) is 8.16. The average Bonchev–Trinajstić information content (AvgIpc) is 2.75. The number of hydrogen-bond acceptors (Lipinski definition) is 4. The third-order valence-corrected chi connectivity index (χ3v) is 5.64. The van der Waals surface area contributed by atoms with Crippen molar-refractivity contribution in [2.24, 2.45) is 0 Å². The fraction of sp³-hybridized carbons (Fsp3) is 0.520. The second-order valence-electron chi connectivity index (χ2n) is 8.16. The van der Waals surface area contributed by atoms with Gasteiger partial charge >= 0.3 is 0 Å². The van der Waals surface area contributed by atoms with Gasteiger partial charge in [0.15, 0.2) is 0 Å². The number of aromatic nitrogens is 2. The van der Waals surface area contributed by atoms with E-state index in [0.29, 0.717) is 0 Å². The highest BCUT2D eigenvalue weighted by atomic mass is 15.0. The van der Waals surface area contributed by atoms with Crippen LogP contribution < -0.4 is 20.9 Å². The minimum Gasteiger partial charge on any atom is -0.397 e. The molecular weight excluding hydrogens is 370 g/mol. The van der Waals surface area contributed by atoms with Gasteiger partial charge in [0.25, 0.3) is 0 Å². The Hall–Kier alpha value is -2.56. The van der Waals surface area contributed by atoms with E-state index in [9.17, 15) is 0 Å². The van der Waals surface area contributed by atoms with E-state index >= 15 is 0 Å². The first-order valence-corrected chi connectivity index (χ1v) is 11.7. The van der Waals surface area contributed by atoms with Crippen LogP contribution in [0.25, 0.3) is 22.1 Å². The van der Waals surface area contributed by atoms with E-state index in [1.54, 1.807) is 0 Å². The zero-order valence-electron chi connectivity index (χ0n) is 18.9. The summed E-state index contributed by atoms with van der Waals surface area (Å²) < 4.78 is 2.39. The van der Waals surface area contributed by atoms with Gasteiger partial charge in [-0.2, -0.15) is 4.57 Å². The molecule has 3 rings (SSSR count). The minimum absolute atomic E-state index is 0.794. The Morgan fingerprint density at radius 3 is 2.30 bits per heavy atom. The van der Waals surface area contributed by atoms with Crippen molar-refractivity contribution >= 4 is 39.1 Å². The normalized spacial score (nSPS) is 11.3. The van der Waals surface area contributed by atoms with E-state index in [2.05, 4.69) is 66.3 Å². The molecule has 0 spiro atoms. The number of aryl methyl sites for hydroxylation is 1. The number of rotatable bonds is 12. The van der Waals surface area contributed by atoms with Crippen molar-refractivity contribution in [1.29, 1.82) is 0 Å². The molecule has 1 heterocycles. The molecule has 0 saturated carbocycles.